The highest BCUT2D eigenvalue weighted by Gasteiger charge is 2.65. The Morgan fingerprint density at radius 3 is 2.65 bits per heavy atom. The van der Waals surface area contributed by atoms with Crippen LogP contribution in [0.1, 0.15) is 27.2 Å². The van der Waals surface area contributed by atoms with Crippen LogP contribution in [-0.2, 0) is 14.3 Å². The molecule has 0 aromatic carbocycles. The standard InChI is InChI=1S/C13H21NO3/c1-6-8-14-13(11(15)16-5)9-10(17-7-2)12(13,3)4/h1,10,14H,7-9H2,2-5H3. The second-order valence-electron chi connectivity index (χ2n) is 4.82. The van der Waals surface area contributed by atoms with Gasteiger partial charge in [0.15, 0.2) is 0 Å². The van der Waals surface area contributed by atoms with Gasteiger partial charge < -0.3 is 9.47 Å². The van der Waals surface area contributed by atoms with Crippen LogP contribution in [0.4, 0.5) is 0 Å². The summed E-state index contributed by atoms with van der Waals surface area (Å²) in [6, 6.07) is 0. The van der Waals surface area contributed by atoms with Crippen LogP contribution in [0.5, 0.6) is 0 Å². The first-order chi connectivity index (χ1) is 7.96. The first-order valence-electron chi connectivity index (χ1n) is 5.84. The lowest BCUT2D eigenvalue weighted by atomic mass is 9.54. The van der Waals surface area contributed by atoms with Gasteiger partial charge in [0, 0.05) is 18.4 Å². The van der Waals surface area contributed by atoms with Gasteiger partial charge in [0.25, 0.3) is 0 Å². The van der Waals surface area contributed by atoms with Crippen LogP contribution < -0.4 is 5.32 Å². The zero-order valence-electron chi connectivity index (χ0n) is 11.0. The fraction of sp³-hybridized carbons (Fsp3) is 0.769. The van der Waals surface area contributed by atoms with E-state index >= 15 is 0 Å². The van der Waals surface area contributed by atoms with E-state index in [0.717, 1.165) is 0 Å². The minimum absolute atomic E-state index is 0.0527. The van der Waals surface area contributed by atoms with Crippen molar-refractivity contribution in [2.45, 2.75) is 38.8 Å². The summed E-state index contributed by atoms with van der Waals surface area (Å²) in [5, 5.41) is 3.12. The molecule has 0 saturated heterocycles. The van der Waals surface area contributed by atoms with E-state index in [1.807, 2.05) is 20.8 Å². The summed E-state index contributed by atoms with van der Waals surface area (Å²) in [5.41, 5.74) is -1.05. The molecule has 0 radical (unpaired) electrons. The number of nitrogens with one attached hydrogen (secondary N) is 1. The van der Waals surface area contributed by atoms with Crippen molar-refractivity contribution in [3.63, 3.8) is 0 Å². The predicted molar refractivity (Wildman–Crippen MR) is 65.4 cm³/mol. The number of esters is 1. The van der Waals surface area contributed by atoms with Gasteiger partial charge in [-0.1, -0.05) is 19.8 Å². The van der Waals surface area contributed by atoms with E-state index in [9.17, 15) is 4.79 Å². The fourth-order valence-corrected chi connectivity index (χ4v) is 2.50. The van der Waals surface area contributed by atoms with Crippen LogP contribution in [0.15, 0.2) is 0 Å². The van der Waals surface area contributed by atoms with Crippen LogP contribution in [0.2, 0.25) is 0 Å². The molecule has 1 saturated carbocycles. The molecular weight excluding hydrogens is 218 g/mol. The van der Waals surface area contributed by atoms with Crippen molar-refractivity contribution in [1.29, 1.82) is 0 Å². The van der Waals surface area contributed by atoms with Crippen molar-refractivity contribution >= 4 is 5.97 Å². The number of rotatable bonds is 5. The third-order valence-corrected chi connectivity index (χ3v) is 3.79. The average molecular weight is 239 g/mol. The Morgan fingerprint density at radius 2 is 2.24 bits per heavy atom. The van der Waals surface area contributed by atoms with Crippen molar-refractivity contribution in [3.05, 3.63) is 0 Å². The molecule has 0 aliphatic heterocycles. The minimum Gasteiger partial charge on any atom is -0.468 e. The molecule has 2 atom stereocenters. The second kappa shape index (κ2) is 5.07. The molecule has 1 rings (SSSR count). The fourth-order valence-electron chi connectivity index (χ4n) is 2.50. The Hall–Kier alpha value is -1.05. The Balaban J connectivity index is 2.88. The van der Waals surface area contributed by atoms with E-state index in [-0.39, 0.29) is 17.5 Å². The van der Waals surface area contributed by atoms with Gasteiger partial charge in [-0.25, -0.2) is 0 Å². The molecule has 1 N–H and O–H groups in total. The van der Waals surface area contributed by atoms with Crippen LogP contribution in [-0.4, -0.2) is 37.9 Å². The van der Waals surface area contributed by atoms with E-state index in [2.05, 4.69) is 11.2 Å². The van der Waals surface area contributed by atoms with Crippen molar-refractivity contribution in [2.24, 2.45) is 5.41 Å². The smallest absolute Gasteiger partial charge is 0.326 e. The molecule has 96 valence electrons. The first-order valence-corrected chi connectivity index (χ1v) is 5.84. The molecule has 17 heavy (non-hydrogen) atoms. The maximum atomic E-state index is 12.0. The van der Waals surface area contributed by atoms with Gasteiger partial charge in [0.1, 0.15) is 5.54 Å². The van der Waals surface area contributed by atoms with Gasteiger partial charge in [-0.2, -0.15) is 0 Å². The molecule has 0 amide bonds. The number of ether oxygens (including phenoxy) is 2. The number of hydrogen-bond acceptors (Lipinski definition) is 4. The van der Waals surface area contributed by atoms with Crippen LogP contribution >= 0.6 is 0 Å². The number of carbonyl (C=O) groups is 1. The van der Waals surface area contributed by atoms with Crippen molar-refractivity contribution in [2.75, 3.05) is 20.3 Å². The summed E-state index contributed by atoms with van der Waals surface area (Å²) in [4.78, 5) is 12.0. The number of methoxy groups -OCH3 is 1. The van der Waals surface area contributed by atoms with E-state index in [0.29, 0.717) is 19.6 Å². The lowest BCUT2D eigenvalue weighted by Gasteiger charge is -2.58. The molecule has 2 unspecified atom stereocenters. The number of terminal acetylenes is 1. The highest BCUT2D eigenvalue weighted by atomic mass is 16.5. The Bertz CT molecular complexity index is 332. The van der Waals surface area contributed by atoms with Crippen molar-refractivity contribution < 1.29 is 14.3 Å². The van der Waals surface area contributed by atoms with Crippen molar-refractivity contribution in [3.8, 4) is 12.3 Å². The molecule has 4 nitrogen and oxygen atoms in total. The topological polar surface area (TPSA) is 47.6 Å². The van der Waals surface area contributed by atoms with Gasteiger partial charge in [0.05, 0.1) is 19.8 Å². The summed E-state index contributed by atoms with van der Waals surface area (Å²) in [7, 11) is 1.39. The van der Waals surface area contributed by atoms with Gasteiger partial charge in [0.2, 0.25) is 0 Å². The maximum absolute atomic E-state index is 12.0. The van der Waals surface area contributed by atoms with Gasteiger partial charge in [-0.15, -0.1) is 6.42 Å². The molecule has 0 aromatic rings. The summed E-state index contributed by atoms with van der Waals surface area (Å²) >= 11 is 0. The van der Waals surface area contributed by atoms with Crippen LogP contribution in [0, 0.1) is 17.8 Å². The van der Waals surface area contributed by atoms with Crippen molar-refractivity contribution in [1.82, 2.24) is 5.32 Å². The number of carbonyl (C=O) groups excluding carboxylic acids is 1. The highest BCUT2D eigenvalue weighted by molar-refractivity contribution is 5.84. The lowest BCUT2D eigenvalue weighted by molar-refractivity contribution is -0.195. The summed E-state index contributed by atoms with van der Waals surface area (Å²) in [6.07, 6.45) is 5.89. The third kappa shape index (κ3) is 2.05. The highest BCUT2D eigenvalue weighted by Crippen LogP contribution is 2.51. The van der Waals surface area contributed by atoms with Gasteiger partial charge >= 0.3 is 5.97 Å². The quantitative estimate of drug-likeness (QED) is 0.573. The first kappa shape index (κ1) is 14.0. The molecule has 0 spiro atoms. The zero-order valence-corrected chi connectivity index (χ0v) is 11.0. The Kier molecular flexibility index (Phi) is 4.18. The lowest BCUT2D eigenvalue weighted by Crippen LogP contribution is -2.75. The molecular formula is C13H21NO3. The second-order valence-corrected chi connectivity index (χ2v) is 4.82. The van der Waals surface area contributed by atoms with Gasteiger partial charge in [-0.05, 0) is 6.92 Å². The molecule has 0 bridgehead atoms. The third-order valence-electron chi connectivity index (χ3n) is 3.79. The largest absolute Gasteiger partial charge is 0.468 e. The zero-order chi connectivity index (χ0) is 13.1. The minimum atomic E-state index is -0.728. The summed E-state index contributed by atoms with van der Waals surface area (Å²) < 4.78 is 10.5. The molecule has 0 aromatic heterocycles. The SMILES string of the molecule is C#CCNC1(C(=O)OC)CC(OCC)C1(C)C. The monoisotopic (exact) mass is 239 g/mol. The van der Waals surface area contributed by atoms with E-state index in [1.165, 1.54) is 7.11 Å². The summed E-state index contributed by atoms with van der Waals surface area (Å²) in [5.74, 6) is 2.23. The normalized spacial score (nSPS) is 30.2. The Labute approximate surface area is 103 Å². The van der Waals surface area contributed by atoms with E-state index in [4.69, 9.17) is 15.9 Å². The van der Waals surface area contributed by atoms with E-state index < -0.39 is 5.54 Å². The van der Waals surface area contributed by atoms with Crippen LogP contribution in [0.25, 0.3) is 0 Å². The molecule has 0 heterocycles. The summed E-state index contributed by atoms with van der Waals surface area (Å²) in [6.45, 7) is 6.93. The molecule has 1 fully saturated rings. The van der Waals surface area contributed by atoms with Gasteiger partial charge in [-0.3, -0.25) is 10.1 Å². The van der Waals surface area contributed by atoms with Crippen LogP contribution in [0.3, 0.4) is 0 Å². The Morgan fingerprint density at radius 1 is 1.59 bits per heavy atom. The molecule has 4 heteroatoms. The number of hydrogen-bond donors (Lipinski definition) is 1. The molecule has 1 aliphatic rings. The average Bonchev–Trinajstić information content (AvgIpc) is 2.31. The predicted octanol–water partition coefficient (Wildman–Crippen LogP) is 0.956. The maximum Gasteiger partial charge on any atom is 0.326 e. The van der Waals surface area contributed by atoms with E-state index in [1.54, 1.807) is 0 Å². The molecule has 1 aliphatic carbocycles.